The van der Waals surface area contributed by atoms with E-state index in [0.29, 0.717) is 6.42 Å². The molecule has 0 aliphatic heterocycles. The molecule has 0 radical (unpaired) electrons. The van der Waals surface area contributed by atoms with Crippen molar-refractivity contribution in [1.29, 1.82) is 0 Å². The second-order valence-corrected chi connectivity index (χ2v) is 7.45. The smallest absolute Gasteiger partial charge is 0.322 e. The molecular formula is C18H33N5O6. The van der Waals surface area contributed by atoms with Crippen molar-refractivity contribution in [3.8, 4) is 0 Å². The van der Waals surface area contributed by atoms with E-state index in [2.05, 4.69) is 16.0 Å². The highest BCUT2D eigenvalue weighted by molar-refractivity contribution is 5.94. The van der Waals surface area contributed by atoms with Crippen LogP contribution in [-0.4, -0.2) is 59.4 Å². The molecule has 0 bridgehead atoms. The van der Waals surface area contributed by atoms with Crippen molar-refractivity contribution in [2.75, 3.05) is 6.54 Å². The van der Waals surface area contributed by atoms with E-state index < -0.39 is 54.3 Å². The molecule has 166 valence electrons. The van der Waals surface area contributed by atoms with Crippen molar-refractivity contribution in [3.05, 3.63) is 0 Å². The van der Waals surface area contributed by atoms with Gasteiger partial charge in [-0.2, -0.15) is 0 Å². The first kappa shape index (κ1) is 26.3. The second-order valence-electron chi connectivity index (χ2n) is 7.45. The molecule has 0 saturated heterocycles. The van der Waals surface area contributed by atoms with Gasteiger partial charge >= 0.3 is 5.97 Å². The zero-order valence-corrected chi connectivity index (χ0v) is 17.4. The van der Waals surface area contributed by atoms with Crippen LogP contribution < -0.4 is 27.4 Å². The van der Waals surface area contributed by atoms with E-state index in [1.807, 2.05) is 20.8 Å². The van der Waals surface area contributed by atoms with Gasteiger partial charge in [-0.3, -0.25) is 24.0 Å². The first-order valence-corrected chi connectivity index (χ1v) is 9.53. The van der Waals surface area contributed by atoms with Gasteiger partial charge in [-0.05, 0) is 18.3 Å². The fraction of sp³-hybridized carbons (Fsp3) is 0.722. The predicted octanol–water partition coefficient (Wildman–Crippen LogP) is -1.55. The Morgan fingerprint density at radius 3 is 2.00 bits per heavy atom. The van der Waals surface area contributed by atoms with Crippen LogP contribution in [0.4, 0.5) is 0 Å². The number of nitrogens with two attached hydrogens (primary N) is 2. The molecule has 4 unspecified atom stereocenters. The van der Waals surface area contributed by atoms with Crippen molar-refractivity contribution in [2.45, 2.75) is 65.1 Å². The van der Waals surface area contributed by atoms with Crippen LogP contribution in [-0.2, 0) is 24.0 Å². The molecule has 11 heteroatoms. The third-order valence-corrected chi connectivity index (χ3v) is 4.31. The number of rotatable bonds is 13. The zero-order valence-electron chi connectivity index (χ0n) is 17.4. The molecule has 4 atom stereocenters. The third-order valence-electron chi connectivity index (χ3n) is 4.31. The van der Waals surface area contributed by atoms with Gasteiger partial charge in [-0.15, -0.1) is 0 Å². The highest BCUT2D eigenvalue weighted by Crippen LogP contribution is 2.11. The van der Waals surface area contributed by atoms with E-state index in [1.165, 1.54) is 0 Å². The molecule has 0 fully saturated rings. The van der Waals surface area contributed by atoms with Crippen LogP contribution in [0.2, 0.25) is 0 Å². The highest BCUT2D eigenvalue weighted by atomic mass is 16.4. The summed E-state index contributed by atoms with van der Waals surface area (Å²) in [5.41, 5.74) is 10.7. The van der Waals surface area contributed by atoms with Crippen LogP contribution in [0.3, 0.4) is 0 Å². The molecule has 29 heavy (non-hydrogen) atoms. The lowest BCUT2D eigenvalue weighted by molar-refractivity contribution is -0.139. The Morgan fingerprint density at radius 1 is 0.966 bits per heavy atom. The third kappa shape index (κ3) is 10.4. The summed E-state index contributed by atoms with van der Waals surface area (Å²) in [5.74, 6) is -4.14. The van der Waals surface area contributed by atoms with Gasteiger partial charge in [0, 0.05) is 0 Å². The summed E-state index contributed by atoms with van der Waals surface area (Å²) in [4.78, 5) is 58.9. The monoisotopic (exact) mass is 415 g/mol. The predicted molar refractivity (Wildman–Crippen MR) is 105 cm³/mol. The molecule has 0 saturated carbocycles. The molecular weight excluding hydrogens is 382 g/mol. The molecule has 0 aromatic rings. The minimum Gasteiger partial charge on any atom is -0.480 e. The number of carbonyl (C=O) groups is 5. The molecule has 0 heterocycles. The molecule has 0 aromatic heterocycles. The number of amides is 4. The maximum absolute atomic E-state index is 12.8. The molecule has 11 nitrogen and oxygen atoms in total. The average Bonchev–Trinajstić information content (AvgIpc) is 2.61. The highest BCUT2D eigenvalue weighted by Gasteiger charge is 2.31. The Morgan fingerprint density at radius 2 is 1.55 bits per heavy atom. The van der Waals surface area contributed by atoms with Crippen LogP contribution in [0.25, 0.3) is 0 Å². The average molecular weight is 415 g/mol. The minimum atomic E-state index is -1.21. The van der Waals surface area contributed by atoms with Crippen LogP contribution in [0, 0.1) is 11.8 Å². The van der Waals surface area contributed by atoms with E-state index in [9.17, 15) is 24.0 Å². The Kier molecular flexibility index (Phi) is 11.5. The number of nitrogens with one attached hydrogen (secondary N) is 3. The number of hydrogen-bond donors (Lipinski definition) is 6. The van der Waals surface area contributed by atoms with Crippen LogP contribution in [0.1, 0.15) is 47.0 Å². The number of carbonyl (C=O) groups excluding carboxylic acids is 4. The quantitative estimate of drug-likeness (QED) is 0.209. The van der Waals surface area contributed by atoms with E-state index in [0.717, 1.165) is 0 Å². The van der Waals surface area contributed by atoms with Gasteiger partial charge in [0.1, 0.15) is 18.6 Å². The van der Waals surface area contributed by atoms with Gasteiger partial charge < -0.3 is 32.5 Å². The SMILES string of the molecule is CCC(C)C(NC(=O)C(CC(C)C)NC(=O)C(N)CC(N)=O)C(=O)NCC(=O)O. The fourth-order valence-electron chi connectivity index (χ4n) is 2.52. The van der Waals surface area contributed by atoms with E-state index in [1.54, 1.807) is 6.92 Å². The van der Waals surface area contributed by atoms with Crippen LogP contribution in [0.15, 0.2) is 0 Å². The Hall–Kier alpha value is -2.69. The molecule has 0 rings (SSSR count). The lowest BCUT2D eigenvalue weighted by atomic mass is 9.96. The van der Waals surface area contributed by atoms with Crippen molar-refractivity contribution in [2.24, 2.45) is 23.3 Å². The van der Waals surface area contributed by atoms with Crippen LogP contribution in [0.5, 0.6) is 0 Å². The number of aliphatic carboxylic acids is 1. The van der Waals surface area contributed by atoms with Gasteiger partial charge in [-0.25, -0.2) is 0 Å². The fourth-order valence-corrected chi connectivity index (χ4v) is 2.52. The van der Waals surface area contributed by atoms with Crippen molar-refractivity contribution in [1.82, 2.24) is 16.0 Å². The summed E-state index contributed by atoms with van der Waals surface area (Å²) in [6.45, 7) is 6.69. The molecule has 0 aliphatic carbocycles. The van der Waals surface area contributed by atoms with E-state index in [4.69, 9.17) is 16.6 Å². The summed E-state index contributed by atoms with van der Waals surface area (Å²) in [5, 5.41) is 16.1. The lowest BCUT2D eigenvalue weighted by Crippen LogP contribution is -2.58. The summed E-state index contributed by atoms with van der Waals surface area (Å²) in [6, 6.07) is -3.16. The van der Waals surface area contributed by atoms with Gasteiger partial charge in [-0.1, -0.05) is 34.1 Å². The minimum absolute atomic E-state index is 0.0290. The largest absolute Gasteiger partial charge is 0.480 e. The van der Waals surface area contributed by atoms with Gasteiger partial charge in [0.25, 0.3) is 0 Å². The van der Waals surface area contributed by atoms with E-state index >= 15 is 0 Å². The van der Waals surface area contributed by atoms with Crippen molar-refractivity contribution >= 4 is 29.6 Å². The van der Waals surface area contributed by atoms with Gasteiger partial charge in [0.2, 0.25) is 23.6 Å². The number of carboxylic acids is 1. The molecule has 0 aliphatic rings. The summed E-state index contributed by atoms with van der Waals surface area (Å²) in [6.07, 6.45) is 0.454. The van der Waals surface area contributed by atoms with Crippen molar-refractivity contribution in [3.63, 3.8) is 0 Å². The molecule has 0 aromatic carbocycles. The standard InChI is InChI=1S/C18H33N5O6/c1-5-10(4)15(18(29)21-8-14(25)26)23-17(28)12(6-9(2)3)22-16(27)11(19)7-13(20)24/h9-12,15H,5-8,19H2,1-4H3,(H2,20,24)(H,21,29)(H,22,27)(H,23,28)(H,25,26). The summed E-state index contributed by atoms with van der Waals surface area (Å²) in [7, 11) is 0. The Balaban J connectivity index is 5.31. The lowest BCUT2D eigenvalue weighted by Gasteiger charge is -2.27. The first-order valence-electron chi connectivity index (χ1n) is 9.53. The number of primary amides is 1. The Bertz CT molecular complexity index is 610. The maximum Gasteiger partial charge on any atom is 0.322 e. The summed E-state index contributed by atoms with van der Waals surface area (Å²) >= 11 is 0. The molecule has 4 amide bonds. The summed E-state index contributed by atoms with van der Waals surface area (Å²) < 4.78 is 0. The maximum atomic E-state index is 12.8. The van der Waals surface area contributed by atoms with Crippen LogP contribution >= 0.6 is 0 Å². The number of carboxylic acid groups (broad SMARTS) is 1. The molecule has 0 spiro atoms. The number of hydrogen-bond acceptors (Lipinski definition) is 6. The Labute approximate surface area is 170 Å². The molecule has 8 N–H and O–H groups in total. The van der Waals surface area contributed by atoms with Gasteiger partial charge in [0.05, 0.1) is 12.5 Å². The van der Waals surface area contributed by atoms with Gasteiger partial charge in [0.15, 0.2) is 0 Å². The topological polar surface area (TPSA) is 194 Å². The second kappa shape index (κ2) is 12.7. The first-order chi connectivity index (χ1) is 13.4. The normalized spacial score (nSPS) is 15.0. The van der Waals surface area contributed by atoms with E-state index in [-0.39, 0.29) is 24.7 Å². The zero-order chi connectivity index (χ0) is 22.7. The van der Waals surface area contributed by atoms with Crippen molar-refractivity contribution < 1.29 is 29.1 Å².